The molecule has 0 amide bonds. The van der Waals surface area contributed by atoms with Crippen molar-refractivity contribution in [2.24, 2.45) is 5.73 Å². The first-order valence-corrected chi connectivity index (χ1v) is 7.76. The van der Waals surface area contributed by atoms with Crippen molar-refractivity contribution in [2.75, 3.05) is 37.9 Å². The fourth-order valence-electron chi connectivity index (χ4n) is 2.38. The molecular weight excluding hydrogens is 278 g/mol. The number of nitrogens with one attached hydrogen (secondary N) is 2. The molecule has 0 spiro atoms. The van der Waals surface area contributed by atoms with Gasteiger partial charge in [-0.1, -0.05) is 18.9 Å². The molecule has 2 aromatic rings. The van der Waals surface area contributed by atoms with Crippen molar-refractivity contribution in [3.8, 4) is 5.75 Å². The summed E-state index contributed by atoms with van der Waals surface area (Å²) >= 11 is 0. The first-order valence-electron chi connectivity index (χ1n) is 7.76. The average molecular weight is 303 g/mol. The van der Waals surface area contributed by atoms with E-state index in [1.54, 1.807) is 7.11 Å². The Kier molecular flexibility index (Phi) is 6.21. The van der Waals surface area contributed by atoms with E-state index >= 15 is 0 Å². The number of ether oxygens (including phenoxy) is 1. The van der Waals surface area contributed by atoms with Gasteiger partial charge >= 0.3 is 0 Å². The summed E-state index contributed by atoms with van der Waals surface area (Å²) in [6, 6.07) is 5.83. The van der Waals surface area contributed by atoms with Crippen LogP contribution in [0, 0.1) is 0 Å². The summed E-state index contributed by atoms with van der Waals surface area (Å²) < 4.78 is 5.39. The quantitative estimate of drug-likeness (QED) is 0.617. The molecule has 1 heterocycles. The molecule has 0 saturated carbocycles. The lowest BCUT2D eigenvalue weighted by Gasteiger charge is -2.11. The Balaban J connectivity index is 2.10. The molecule has 6 nitrogen and oxygen atoms in total. The van der Waals surface area contributed by atoms with Gasteiger partial charge in [0.25, 0.3) is 0 Å². The standard InChI is InChI=1S/C16H25N5O/c1-18-15-12-8-7-9-13(22-2)14(12)20-16(21-15)19-11-6-4-3-5-10-17/h7-9H,3-6,10-11,17H2,1-2H3,(H2,18,19,20,21). The van der Waals surface area contributed by atoms with E-state index in [2.05, 4.69) is 20.6 Å². The maximum Gasteiger partial charge on any atom is 0.225 e. The predicted octanol–water partition coefficient (Wildman–Crippen LogP) is 2.61. The Bertz CT molecular complexity index is 602. The van der Waals surface area contributed by atoms with E-state index in [1.807, 2.05) is 25.2 Å². The van der Waals surface area contributed by atoms with Gasteiger partial charge in [0, 0.05) is 19.0 Å². The summed E-state index contributed by atoms with van der Waals surface area (Å²) in [5, 5.41) is 7.36. The van der Waals surface area contributed by atoms with Crippen LogP contribution in [-0.4, -0.2) is 37.2 Å². The van der Waals surface area contributed by atoms with E-state index in [9.17, 15) is 0 Å². The lowest BCUT2D eigenvalue weighted by molar-refractivity contribution is 0.419. The Morgan fingerprint density at radius 2 is 1.95 bits per heavy atom. The van der Waals surface area contributed by atoms with Gasteiger partial charge in [0.05, 0.1) is 7.11 Å². The van der Waals surface area contributed by atoms with Crippen molar-refractivity contribution in [3.63, 3.8) is 0 Å². The Hall–Kier alpha value is -2.08. The van der Waals surface area contributed by atoms with Crippen LogP contribution in [0.1, 0.15) is 25.7 Å². The van der Waals surface area contributed by atoms with Crippen LogP contribution >= 0.6 is 0 Å². The molecule has 4 N–H and O–H groups in total. The van der Waals surface area contributed by atoms with Crippen LogP contribution in [0.25, 0.3) is 10.9 Å². The van der Waals surface area contributed by atoms with E-state index in [4.69, 9.17) is 10.5 Å². The topological polar surface area (TPSA) is 85.1 Å². The number of methoxy groups -OCH3 is 1. The SMILES string of the molecule is CNc1nc(NCCCCCCN)nc2c(OC)cccc12. The third-order valence-corrected chi connectivity index (χ3v) is 3.56. The van der Waals surface area contributed by atoms with E-state index in [-0.39, 0.29) is 0 Å². The summed E-state index contributed by atoms with van der Waals surface area (Å²) in [4.78, 5) is 9.10. The highest BCUT2D eigenvalue weighted by Crippen LogP contribution is 2.28. The van der Waals surface area contributed by atoms with Gasteiger partial charge in [-0.15, -0.1) is 0 Å². The Labute approximate surface area is 131 Å². The molecule has 0 bridgehead atoms. The number of anilines is 2. The minimum absolute atomic E-state index is 0.625. The summed E-state index contributed by atoms with van der Waals surface area (Å²) in [7, 11) is 3.51. The number of aromatic nitrogens is 2. The first kappa shape index (κ1) is 16.3. The lowest BCUT2D eigenvalue weighted by Crippen LogP contribution is -2.08. The highest BCUT2D eigenvalue weighted by molar-refractivity contribution is 5.93. The van der Waals surface area contributed by atoms with Crippen LogP contribution in [0.3, 0.4) is 0 Å². The first-order chi connectivity index (χ1) is 10.8. The molecule has 0 aliphatic rings. The second-order valence-corrected chi connectivity index (χ2v) is 5.13. The Morgan fingerprint density at radius 1 is 1.14 bits per heavy atom. The fraction of sp³-hybridized carbons (Fsp3) is 0.500. The second-order valence-electron chi connectivity index (χ2n) is 5.13. The molecule has 6 heteroatoms. The van der Waals surface area contributed by atoms with E-state index in [0.29, 0.717) is 5.95 Å². The predicted molar refractivity (Wildman–Crippen MR) is 91.6 cm³/mol. The normalized spacial score (nSPS) is 10.7. The molecule has 1 aromatic carbocycles. The van der Waals surface area contributed by atoms with Crippen molar-refractivity contribution < 1.29 is 4.74 Å². The van der Waals surface area contributed by atoms with Gasteiger partial charge in [-0.25, -0.2) is 4.98 Å². The minimum atomic E-state index is 0.625. The van der Waals surface area contributed by atoms with Crippen molar-refractivity contribution in [1.29, 1.82) is 0 Å². The van der Waals surface area contributed by atoms with Gasteiger partial charge < -0.3 is 21.1 Å². The third-order valence-electron chi connectivity index (χ3n) is 3.56. The van der Waals surface area contributed by atoms with E-state index < -0.39 is 0 Å². The van der Waals surface area contributed by atoms with Crippen LogP contribution in [0.15, 0.2) is 18.2 Å². The molecular formula is C16H25N5O. The molecule has 22 heavy (non-hydrogen) atoms. The van der Waals surface area contributed by atoms with Gasteiger partial charge in [0.1, 0.15) is 17.1 Å². The van der Waals surface area contributed by atoms with Crippen LogP contribution in [-0.2, 0) is 0 Å². The third kappa shape index (κ3) is 3.98. The minimum Gasteiger partial charge on any atom is -0.494 e. The van der Waals surface area contributed by atoms with E-state index in [1.165, 1.54) is 12.8 Å². The highest BCUT2D eigenvalue weighted by atomic mass is 16.5. The van der Waals surface area contributed by atoms with Crippen molar-refractivity contribution in [2.45, 2.75) is 25.7 Å². The molecule has 1 aromatic heterocycles. The van der Waals surface area contributed by atoms with Gasteiger partial charge in [-0.2, -0.15) is 4.98 Å². The second kappa shape index (κ2) is 8.38. The fourth-order valence-corrected chi connectivity index (χ4v) is 2.38. The number of benzene rings is 1. The zero-order chi connectivity index (χ0) is 15.8. The molecule has 0 saturated heterocycles. The number of unbranched alkanes of at least 4 members (excludes halogenated alkanes) is 3. The summed E-state index contributed by atoms with van der Waals surface area (Å²) in [5.74, 6) is 2.18. The molecule has 0 unspecified atom stereocenters. The maximum atomic E-state index is 5.49. The van der Waals surface area contributed by atoms with Crippen molar-refractivity contribution >= 4 is 22.7 Å². The molecule has 0 fully saturated rings. The van der Waals surface area contributed by atoms with Crippen LogP contribution < -0.4 is 21.1 Å². The number of nitrogens with zero attached hydrogens (tertiary/aromatic N) is 2. The maximum absolute atomic E-state index is 5.49. The lowest BCUT2D eigenvalue weighted by atomic mass is 10.2. The summed E-state index contributed by atoms with van der Waals surface area (Å²) in [5.41, 5.74) is 6.31. The van der Waals surface area contributed by atoms with Crippen LogP contribution in [0.2, 0.25) is 0 Å². The summed E-state index contributed by atoms with van der Waals surface area (Å²) in [6.07, 6.45) is 4.52. The zero-order valence-corrected chi connectivity index (χ0v) is 13.4. The molecule has 0 aliphatic heterocycles. The van der Waals surface area contributed by atoms with Gasteiger partial charge in [-0.3, -0.25) is 0 Å². The number of nitrogens with two attached hydrogens (primary N) is 1. The van der Waals surface area contributed by atoms with Gasteiger partial charge in [0.15, 0.2) is 0 Å². The molecule has 0 aliphatic carbocycles. The van der Waals surface area contributed by atoms with Crippen molar-refractivity contribution in [3.05, 3.63) is 18.2 Å². The monoisotopic (exact) mass is 303 g/mol. The van der Waals surface area contributed by atoms with Gasteiger partial charge in [-0.05, 0) is 31.5 Å². The molecule has 2 rings (SSSR count). The number of hydrogen-bond donors (Lipinski definition) is 3. The number of rotatable bonds is 9. The van der Waals surface area contributed by atoms with Crippen LogP contribution in [0.4, 0.5) is 11.8 Å². The Morgan fingerprint density at radius 3 is 2.68 bits per heavy atom. The highest BCUT2D eigenvalue weighted by Gasteiger charge is 2.10. The molecule has 0 radical (unpaired) electrons. The van der Waals surface area contributed by atoms with Crippen molar-refractivity contribution in [1.82, 2.24) is 9.97 Å². The summed E-state index contributed by atoms with van der Waals surface area (Å²) in [6.45, 7) is 1.63. The molecule has 120 valence electrons. The van der Waals surface area contributed by atoms with Gasteiger partial charge in [0.2, 0.25) is 5.95 Å². The number of fused-ring (bicyclic) bond motifs is 1. The van der Waals surface area contributed by atoms with Crippen LogP contribution in [0.5, 0.6) is 5.75 Å². The smallest absolute Gasteiger partial charge is 0.225 e. The van der Waals surface area contributed by atoms with E-state index in [0.717, 1.165) is 48.4 Å². The average Bonchev–Trinajstić information content (AvgIpc) is 2.56. The largest absolute Gasteiger partial charge is 0.494 e. The number of para-hydroxylation sites is 1. The number of hydrogen-bond acceptors (Lipinski definition) is 6. The zero-order valence-electron chi connectivity index (χ0n) is 13.4. The molecule has 0 atom stereocenters.